The Kier molecular flexibility index (Phi) is 5.44. The predicted molar refractivity (Wildman–Crippen MR) is 110 cm³/mol. The zero-order valence-electron chi connectivity index (χ0n) is 16.3. The van der Waals surface area contributed by atoms with Gasteiger partial charge in [0.2, 0.25) is 0 Å². The van der Waals surface area contributed by atoms with Crippen molar-refractivity contribution in [1.82, 2.24) is 29.9 Å². The van der Waals surface area contributed by atoms with Crippen molar-refractivity contribution in [2.45, 2.75) is 38.8 Å². The molecule has 0 spiro atoms. The molecule has 2 atom stereocenters. The topological polar surface area (TPSA) is 88.8 Å². The Bertz CT molecular complexity index is 991. The second-order valence-corrected chi connectivity index (χ2v) is 7.58. The second kappa shape index (κ2) is 8.16. The number of likely N-dealkylation sites (tertiary alicyclic amines) is 1. The van der Waals surface area contributed by atoms with Crippen LogP contribution in [0.3, 0.4) is 0 Å². The quantitative estimate of drug-likeness (QED) is 0.709. The van der Waals surface area contributed by atoms with Gasteiger partial charge in [-0.25, -0.2) is 9.97 Å². The number of carbonyl (C=O) groups excluding carboxylic acids is 1. The van der Waals surface area contributed by atoms with Crippen LogP contribution in [0.2, 0.25) is 5.15 Å². The monoisotopic (exact) mass is 411 g/mol. The van der Waals surface area contributed by atoms with Crippen molar-refractivity contribution in [3.63, 3.8) is 0 Å². The van der Waals surface area contributed by atoms with Crippen molar-refractivity contribution in [3.8, 4) is 5.69 Å². The van der Waals surface area contributed by atoms with Crippen LogP contribution >= 0.6 is 11.6 Å². The fraction of sp³-hybridized carbons (Fsp3) is 0.350. The number of aryl methyl sites for hydroxylation is 1. The third-order valence-corrected chi connectivity index (χ3v) is 5.42. The van der Waals surface area contributed by atoms with E-state index in [1.807, 2.05) is 30.0 Å². The molecule has 0 radical (unpaired) electrons. The SMILES string of the molecule is Cc1ccc(C(=O)N2CCCC(Nc3cnc(Cl)cn3)C2C)c(-n2nccn2)c1. The van der Waals surface area contributed by atoms with Crippen LogP contribution in [0.15, 0.2) is 43.0 Å². The number of rotatable bonds is 4. The van der Waals surface area contributed by atoms with Gasteiger partial charge in [0.05, 0.1) is 36.0 Å². The molecular weight excluding hydrogens is 390 g/mol. The highest BCUT2D eigenvalue weighted by Crippen LogP contribution is 2.25. The van der Waals surface area contributed by atoms with Gasteiger partial charge < -0.3 is 10.2 Å². The van der Waals surface area contributed by atoms with Crippen LogP contribution < -0.4 is 5.32 Å². The third-order valence-electron chi connectivity index (χ3n) is 5.22. The predicted octanol–water partition coefficient (Wildman–Crippen LogP) is 3.12. The van der Waals surface area contributed by atoms with Gasteiger partial charge in [-0.2, -0.15) is 15.0 Å². The van der Waals surface area contributed by atoms with Crippen LogP contribution in [-0.2, 0) is 0 Å². The Labute approximate surface area is 173 Å². The van der Waals surface area contributed by atoms with Crippen LogP contribution in [0.5, 0.6) is 0 Å². The van der Waals surface area contributed by atoms with E-state index in [1.54, 1.807) is 18.6 Å². The maximum Gasteiger partial charge on any atom is 0.256 e. The number of nitrogens with one attached hydrogen (secondary N) is 1. The summed E-state index contributed by atoms with van der Waals surface area (Å²) < 4.78 is 0. The lowest BCUT2D eigenvalue weighted by atomic mass is 9.96. The molecule has 0 aliphatic carbocycles. The van der Waals surface area contributed by atoms with Gasteiger partial charge in [-0.05, 0) is 44.4 Å². The van der Waals surface area contributed by atoms with Gasteiger partial charge in [-0.15, -0.1) is 0 Å². The minimum absolute atomic E-state index is 0.0199. The fourth-order valence-electron chi connectivity index (χ4n) is 3.68. The maximum atomic E-state index is 13.5. The number of halogens is 1. The van der Waals surface area contributed by atoms with Crippen molar-refractivity contribution in [2.75, 3.05) is 11.9 Å². The minimum atomic E-state index is -0.0292. The van der Waals surface area contributed by atoms with E-state index in [9.17, 15) is 4.79 Å². The van der Waals surface area contributed by atoms with E-state index in [-0.39, 0.29) is 18.0 Å². The summed E-state index contributed by atoms with van der Waals surface area (Å²) in [7, 11) is 0. The lowest BCUT2D eigenvalue weighted by Gasteiger charge is -2.40. The molecule has 0 bridgehead atoms. The maximum absolute atomic E-state index is 13.5. The van der Waals surface area contributed by atoms with Gasteiger partial charge in [0.1, 0.15) is 11.0 Å². The molecule has 2 unspecified atom stereocenters. The van der Waals surface area contributed by atoms with Gasteiger partial charge in [0.15, 0.2) is 0 Å². The van der Waals surface area contributed by atoms with Gasteiger partial charge in [-0.1, -0.05) is 17.7 Å². The Hall–Kier alpha value is -3.00. The standard InChI is InChI=1S/C20H22ClN7O/c1-13-5-6-15(17(10-13)28-24-7-8-25-28)20(29)27-9-3-4-16(14(27)2)26-19-12-22-18(21)11-23-19/h5-8,10-12,14,16H,3-4,9H2,1-2H3,(H,23,26). The van der Waals surface area contributed by atoms with Crippen LogP contribution in [0, 0.1) is 6.92 Å². The smallest absolute Gasteiger partial charge is 0.256 e. The average Bonchev–Trinajstić information content (AvgIpc) is 3.25. The number of piperidine rings is 1. The molecule has 1 aliphatic rings. The van der Waals surface area contributed by atoms with E-state index in [0.29, 0.717) is 28.8 Å². The van der Waals surface area contributed by atoms with Gasteiger partial charge in [0.25, 0.3) is 5.91 Å². The summed E-state index contributed by atoms with van der Waals surface area (Å²) in [4.78, 5) is 25.2. The second-order valence-electron chi connectivity index (χ2n) is 7.20. The molecule has 4 rings (SSSR count). The van der Waals surface area contributed by atoms with E-state index in [4.69, 9.17) is 11.6 Å². The molecule has 3 aromatic rings. The summed E-state index contributed by atoms with van der Waals surface area (Å²) in [5.41, 5.74) is 2.32. The summed E-state index contributed by atoms with van der Waals surface area (Å²) in [5, 5.41) is 12.2. The van der Waals surface area contributed by atoms with Gasteiger partial charge in [0, 0.05) is 18.6 Å². The summed E-state index contributed by atoms with van der Waals surface area (Å²) in [5.74, 6) is 0.621. The van der Waals surface area contributed by atoms with Gasteiger partial charge >= 0.3 is 0 Å². The lowest BCUT2D eigenvalue weighted by Crippen LogP contribution is -2.52. The summed E-state index contributed by atoms with van der Waals surface area (Å²) in [6.07, 6.45) is 8.17. The highest BCUT2D eigenvalue weighted by atomic mass is 35.5. The normalized spacial score (nSPS) is 19.2. The van der Waals surface area contributed by atoms with E-state index in [2.05, 4.69) is 32.4 Å². The largest absolute Gasteiger partial charge is 0.364 e. The van der Waals surface area contributed by atoms with Gasteiger partial charge in [-0.3, -0.25) is 4.79 Å². The first-order valence-electron chi connectivity index (χ1n) is 9.55. The van der Waals surface area contributed by atoms with E-state index >= 15 is 0 Å². The Morgan fingerprint density at radius 3 is 2.72 bits per heavy atom. The highest BCUT2D eigenvalue weighted by molar-refractivity contribution is 6.29. The molecule has 2 aromatic heterocycles. The van der Waals surface area contributed by atoms with Crippen molar-refractivity contribution in [1.29, 1.82) is 0 Å². The molecular formula is C20H22ClN7O. The van der Waals surface area contributed by atoms with Crippen LogP contribution in [0.1, 0.15) is 35.7 Å². The molecule has 29 heavy (non-hydrogen) atoms. The molecule has 1 aliphatic heterocycles. The first-order chi connectivity index (χ1) is 14.0. The average molecular weight is 412 g/mol. The van der Waals surface area contributed by atoms with Crippen molar-refractivity contribution in [3.05, 3.63) is 59.3 Å². The molecule has 150 valence electrons. The number of anilines is 1. The zero-order chi connectivity index (χ0) is 20.4. The van der Waals surface area contributed by atoms with Crippen LogP contribution in [0.25, 0.3) is 5.69 Å². The molecule has 1 N–H and O–H groups in total. The van der Waals surface area contributed by atoms with Crippen LogP contribution in [0.4, 0.5) is 5.82 Å². The molecule has 3 heterocycles. The van der Waals surface area contributed by atoms with Crippen molar-refractivity contribution in [2.24, 2.45) is 0 Å². The number of amides is 1. The molecule has 0 saturated carbocycles. The first kappa shape index (κ1) is 19.3. The van der Waals surface area contributed by atoms with Crippen molar-refractivity contribution >= 4 is 23.3 Å². The summed E-state index contributed by atoms with van der Waals surface area (Å²) >= 11 is 5.82. The van der Waals surface area contributed by atoms with E-state index in [1.165, 1.54) is 11.0 Å². The first-order valence-corrected chi connectivity index (χ1v) is 9.93. The number of carbonyl (C=O) groups is 1. The third kappa shape index (κ3) is 4.07. The number of hydrogen-bond acceptors (Lipinski definition) is 6. The minimum Gasteiger partial charge on any atom is -0.364 e. The summed E-state index contributed by atoms with van der Waals surface area (Å²) in [6, 6.07) is 5.77. The Morgan fingerprint density at radius 2 is 2.00 bits per heavy atom. The number of hydrogen-bond donors (Lipinski definition) is 1. The van der Waals surface area contributed by atoms with E-state index < -0.39 is 0 Å². The highest BCUT2D eigenvalue weighted by Gasteiger charge is 2.33. The molecule has 1 saturated heterocycles. The van der Waals surface area contributed by atoms with Crippen molar-refractivity contribution < 1.29 is 4.79 Å². The molecule has 8 nitrogen and oxygen atoms in total. The Morgan fingerprint density at radius 1 is 1.21 bits per heavy atom. The lowest BCUT2D eigenvalue weighted by molar-refractivity contribution is 0.0616. The van der Waals surface area contributed by atoms with E-state index in [0.717, 1.165) is 18.4 Å². The zero-order valence-corrected chi connectivity index (χ0v) is 17.0. The number of benzene rings is 1. The molecule has 1 amide bonds. The molecule has 1 fully saturated rings. The molecule has 1 aromatic carbocycles. The fourth-order valence-corrected chi connectivity index (χ4v) is 3.78. The Balaban J connectivity index is 1.58. The molecule has 9 heteroatoms. The van der Waals surface area contributed by atoms with Crippen LogP contribution in [-0.4, -0.2) is 54.4 Å². The number of aromatic nitrogens is 5. The summed E-state index contributed by atoms with van der Waals surface area (Å²) in [6.45, 7) is 4.74. The number of nitrogens with zero attached hydrogens (tertiary/aromatic N) is 6.